The quantitative estimate of drug-likeness (QED) is 0.812. The van der Waals surface area contributed by atoms with Gasteiger partial charge in [0.05, 0.1) is 6.61 Å². The lowest BCUT2D eigenvalue weighted by molar-refractivity contribution is 0.240. The van der Waals surface area contributed by atoms with Crippen molar-refractivity contribution in [3.63, 3.8) is 0 Å². The minimum Gasteiger partial charge on any atom is -0.395 e. The van der Waals surface area contributed by atoms with Gasteiger partial charge in [-0.15, -0.1) is 0 Å². The maximum absolute atomic E-state index is 9.42. The average Bonchev–Trinajstić information content (AvgIpc) is 2.81. The van der Waals surface area contributed by atoms with E-state index in [9.17, 15) is 5.11 Å². The zero-order valence-electron chi connectivity index (χ0n) is 10.7. The molecule has 0 bridgehead atoms. The smallest absolute Gasteiger partial charge is 0.0588 e. The van der Waals surface area contributed by atoms with E-state index in [-0.39, 0.29) is 12.6 Å². The largest absolute Gasteiger partial charge is 0.395 e. The fourth-order valence-electron chi connectivity index (χ4n) is 2.03. The highest BCUT2D eigenvalue weighted by Crippen LogP contribution is 2.05. The summed E-state index contributed by atoms with van der Waals surface area (Å²) in [6.07, 6.45) is 2.88. The molecule has 2 rings (SSSR count). The van der Waals surface area contributed by atoms with Crippen molar-refractivity contribution in [2.75, 3.05) is 6.61 Å². The van der Waals surface area contributed by atoms with E-state index in [0.717, 1.165) is 13.0 Å². The molecule has 1 aromatic heterocycles. The van der Waals surface area contributed by atoms with Gasteiger partial charge in [0.1, 0.15) is 0 Å². The van der Waals surface area contributed by atoms with Crippen LogP contribution in [0.2, 0.25) is 0 Å². The highest BCUT2D eigenvalue weighted by molar-refractivity contribution is 5.16. The zero-order chi connectivity index (χ0) is 12.8. The number of aliphatic hydroxyl groups excluding tert-OH is 1. The van der Waals surface area contributed by atoms with Crippen molar-refractivity contribution < 1.29 is 5.11 Å². The third-order valence-corrected chi connectivity index (χ3v) is 3.17. The van der Waals surface area contributed by atoms with Gasteiger partial charge in [-0.3, -0.25) is 0 Å². The topological polar surface area (TPSA) is 37.2 Å². The Hall–Kier alpha value is -1.58. The van der Waals surface area contributed by atoms with Crippen molar-refractivity contribution in [1.82, 2.24) is 9.88 Å². The van der Waals surface area contributed by atoms with Crippen molar-refractivity contribution in [1.29, 1.82) is 0 Å². The molecule has 0 radical (unpaired) electrons. The van der Waals surface area contributed by atoms with Crippen LogP contribution in [0.4, 0.5) is 0 Å². The van der Waals surface area contributed by atoms with Gasteiger partial charge in [0.2, 0.25) is 0 Å². The van der Waals surface area contributed by atoms with E-state index in [2.05, 4.69) is 28.1 Å². The van der Waals surface area contributed by atoms with Crippen molar-refractivity contribution >= 4 is 0 Å². The molecule has 1 heterocycles. The fraction of sp³-hybridized carbons (Fsp3) is 0.333. The Morgan fingerprint density at radius 1 is 1.17 bits per heavy atom. The number of rotatable bonds is 6. The summed E-state index contributed by atoms with van der Waals surface area (Å²) in [5.41, 5.74) is 2.47. The van der Waals surface area contributed by atoms with E-state index < -0.39 is 0 Å². The highest BCUT2D eigenvalue weighted by atomic mass is 16.3. The molecule has 18 heavy (non-hydrogen) atoms. The van der Waals surface area contributed by atoms with Crippen LogP contribution in [-0.2, 0) is 20.0 Å². The van der Waals surface area contributed by atoms with Gasteiger partial charge >= 0.3 is 0 Å². The standard InChI is InChI=1S/C15H20N2O/c1-17-9-5-8-15(17)11-16-14(12-18)10-13-6-3-2-4-7-13/h2-9,14,16,18H,10-12H2,1H3. The highest BCUT2D eigenvalue weighted by Gasteiger charge is 2.08. The molecule has 3 heteroatoms. The number of aryl methyl sites for hydroxylation is 1. The normalized spacial score (nSPS) is 12.6. The van der Waals surface area contributed by atoms with Crippen LogP contribution in [0.3, 0.4) is 0 Å². The molecule has 0 spiro atoms. The lowest BCUT2D eigenvalue weighted by Gasteiger charge is -2.16. The summed E-state index contributed by atoms with van der Waals surface area (Å²) in [6, 6.07) is 14.5. The zero-order valence-corrected chi connectivity index (χ0v) is 10.7. The van der Waals surface area contributed by atoms with E-state index in [1.807, 2.05) is 37.5 Å². The summed E-state index contributed by atoms with van der Waals surface area (Å²) in [7, 11) is 2.03. The molecule has 1 aromatic carbocycles. The average molecular weight is 244 g/mol. The third-order valence-electron chi connectivity index (χ3n) is 3.17. The summed E-state index contributed by atoms with van der Waals surface area (Å²) in [5.74, 6) is 0. The first kappa shape index (κ1) is 12.9. The molecule has 0 aliphatic heterocycles. The van der Waals surface area contributed by atoms with Gasteiger partial charge in [-0.2, -0.15) is 0 Å². The number of aromatic nitrogens is 1. The fourth-order valence-corrected chi connectivity index (χ4v) is 2.03. The van der Waals surface area contributed by atoms with Gasteiger partial charge in [0, 0.05) is 31.5 Å². The SMILES string of the molecule is Cn1cccc1CNC(CO)Cc1ccccc1. The second kappa shape index (κ2) is 6.38. The molecule has 1 unspecified atom stereocenters. The molecular weight excluding hydrogens is 224 g/mol. The number of nitrogens with zero attached hydrogens (tertiary/aromatic N) is 1. The van der Waals surface area contributed by atoms with Crippen LogP contribution in [0.15, 0.2) is 48.7 Å². The molecule has 0 saturated carbocycles. The van der Waals surface area contributed by atoms with Crippen LogP contribution < -0.4 is 5.32 Å². The van der Waals surface area contributed by atoms with Crippen LogP contribution in [0.25, 0.3) is 0 Å². The van der Waals surface area contributed by atoms with E-state index in [0.29, 0.717) is 0 Å². The third kappa shape index (κ3) is 3.45. The molecule has 0 aliphatic rings. The predicted molar refractivity (Wildman–Crippen MR) is 73.3 cm³/mol. The Bertz CT molecular complexity index is 464. The van der Waals surface area contributed by atoms with Crippen LogP contribution in [-0.4, -0.2) is 22.3 Å². The Balaban J connectivity index is 1.88. The number of hydrogen-bond acceptors (Lipinski definition) is 2. The molecule has 96 valence electrons. The molecule has 2 N–H and O–H groups in total. The first-order valence-corrected chi connectivity index (χ1v) is 6.28. The summed E-state index contributed by atoms with van der Waals surface area (Å²) in [5, 5.41) is 12.8. The van der Waals surface area contributed by atoms with Crippen LogP contribution in [0.5, 0.6) is 0 Å². The maximum atomic E-state index is 9.42. The summed E-state index contributed by atoms with van der Waals surface area (Å²) in [4.78, 5) is 0. The number of hydrogen-bond donors (Lipinski definition) is 2. The van der Waals surface area contributed by atoms with Gasteiger partial charge in [-0.1, -0.05) is 30.3 Å². The Morgan fingerprint density at radius 2 is 1.94 bits per heavy atom. The number of nitrogens with one attached hydrogen (secondary N) is 1. The number of aliphatic hydroxyl groups is 1. The first-order valence-electron chi connectivity index (χ1n) is 6.28. The van der Waals surface area contributed by atoms with E-state index >= 15 is 0 Å². The minimum absolute atomic E-state index is 0.0994. The Kier molecular flexibility index (Phi) is 4.56. The van der Waals surface area contributed by atoms with Crippen LogP contribution >= 0.6 is 0 Å². The monoisotopic (exact) mass is 244 g/mol. The molecule has 3 nitrogen and oxygen atoms in total. The van der Waals surface area contributed by atoms with Gasteiger partial charge in [-0.05, 0) is 24.1 Å². The molecule has 1 atom stereocenters. The minimum atomic E-state index is 0.0994. The molecular formula is C15H20N2O. The van der Waals surface area contributed by atoms with Gasteiger partial charge in [0.25, 0.3) is 0 Å². The summed E-state index contributed by atoms with van der Waals surface area (Å²) < 4.78 is 2.09. The molecule has 2 aromatic rings. The maximum Gasteiger partial charge on any atom is 0.0588 e. The van der Waals surface area contributed by atoms with E-state index in [1.54, 1.807) is 0 Å². The molecule has 0 saturated heterocycles. The van der Waals surface area contributed by atoms with Gasteiger partial charge in [-0.25, -0.2) is 0 Å². The lowest BCUT2D eigenvalue weighted by Crippen LogP contribution is -2.34. The second-order valence-corrected chi connectivity index (χ2v) is 4.56. The van der Waals surface area contributed by atoms with Crippen molar-refractivity contribution in [2.24, 2.45) is 7.05 Å². The van der Waals surface area contributed by atoms with Crippen molar-refractivity contribution in [3.8, 4) is 0 Å². The van der Waals surface area contributed by atoms with Gasteiger partial charge < -0.3 is 15.0 Å². The van der Waals surface area contributed by atoms with Crippen molar-refractivity contribution in [3.05, 3.63) is 59.9 Å². The van der Waals surface area contributed by atoms with E-state index in [1.165, 1.54) is 11.3 Å². The predicted octanol–water partition coefficient (Wildman–Crippen LogP) is 1.72. The summed E-state index contributed by atoms with van der Waals surface area (Å²) >= 11 is 0. The summed E-state index contributed by atoms with van der Waals surface area (Å²) in [6.45, 7) is 0.931. The number of benzene rings is 1. The second-order valence-electron chi connectivity index (χ2n) is 4.56. The molecule has 0 amide bonds. The molecule has 0 fully saturated rings. The Labute approximate surface area is 108 Å². The molecule has 0 aliphatic carbocycles. The Morgan fingerprint density at radius 3 is 2.56 bits per heavy atom. The van der Waals surface area contributed by atoms with E-state index in [4.69, 9.17) is 0 Å². The van der Waals surface area contributed by atoms with Crippen molar-refractivity contribution in [2.45, 2.75) is 19.0 Å². The lowest BCUT2D eigenvalue weighted by atomic mass is 10.1. The van der Waals surface area contributed by atoms with Gasteiger partial charge in [0.15, 0.2) is 0 Å². The van der Waals surface area contributed by atoms with Crippen LogP contribution in [0.1, 0.15) is 11.3 Å². The first-order chi connectivity index (χ1) is 8.79. The van der Waals surface area contributed by atoms with Crippen LogP contribution in [0, 0.1) is 0 Å².